The first-order chi connectivity index (χ1) is 5.15. The Morgan fingerprint density at radius 1 is 1.45 bits per heavy atom. The number of rotatable bonds is 1. The van der Waals surface area contributed by atoms with Crippen molar-refractivity contribution >= 4 is 23.1 Å². The van der Waals surface area contributed by atoms with Crippen LogP contribution in [-0.2, 0) is 0 Å². The molecule has 5 heteroatoms. The summed E-state index contributed by atoms with van der Waals surface area (Å²) in [7, 11) is 1.72. The van der Waals surface area contributed by atoms with Crippen LogP contribution in [0.4, 0.5) is 11.5 Å². The minimum Gasteiger partial charge on any atom is -0.383 e. The number of anilines is 2. The van der Waals surface area contributed by atoms with Crippen LogP contribution in [0.1, 0.15) is 5.82 Å². The number of hydrogen-bond donors (Lipinski definition) is 2. The molecule has 0 aromatic carbocycles. The van der Waals surface area contributed by atoms with E-state index < -0.39 is 0 Å². The van der Waals surface area contributed by atoms with Crippen LogP contribution in [0.25, 0.3) is 0 Å². The zero-order valence-electron chi connectivity index (χ0n) is 6.35. The zero-order chi connectivity index (χ0) is 8.43. The van der Waals surface area contributed by atoms with Crippen LogP contribution in [-0.4, -0.2) is 17.0 Å². The molecule has 0 unspecified atom stereocenters. The lowest BCUT2D eigenvalue weighted by atomic mass is 10.4. The maximum absolute atomic E-state index is 5.74. The van der Waals surface area contributed by atoms with E-state index in [-0.39, 0.29) is 0 Å². The van der Waals surface area contributed by atoms with Crippen LogP contribution in [0, 0.1) is 6.92 Å². The smallest absolute Gasteiger partial charge is 0.158 e. The monoisotopic (exact) mass is 172 g/mol. The fourth-order valence-corrected chi connectivity index (χ4v) is 1.10. The Kier molecular flexibility index (Phi) is 2.14. The summed E-state index contributed by atoms with van der Waals surface area (Å²) in [6.07, 6.45) is 0. The summed E-state index contributed by atoms with van der Waals surface area (Å²) >= 11 is 5.74. The highest BCUT2D eigenvalue weighted by Crippen LogP contribution is 2.23. The normalized spacial score (nSPS) is 9.73. The van der Waals surface area contributed by atoms with Gasteiger partial charge in [-0.05, 0) is 6.92 Å². The summed E-state index contributed by atoms with van der Waals surface area (Å²) in [5.41, 5.74) is 6.12. The van der Waals surface area contributed by atoms with Gasteiger partial charge >= 0.3 is 0 Å². The van der Waals surface area contributed by atoms with Gasteiger partial charge in [-0.15, -0.1) is 0 Å². The highest BCUT2D eigenvalue weighted by molar-refractivity contribution is 6.32. The molecule has 1 heterocycles. The zero-order valence-corrected chi connectivity index (χ0v) is 7.11. The molecule has 60 valence electrons. The fraction of sp³-hybridized carbons (Fsp3) is 0.333. The molecule has 0 radical (unpaired) electrons. The Morgan fingerprint density at radius 3 is 2.55 bits per heavy atom. The third kappa shape index (κ3) is 1.51. The van der Waals surface area contributed by atoms with Crippen LogP contribution in [0.2, 0.25) is 5.15 Å². The second kappa shape index (κ2) is 2.92. The number of aromatic nitrogens is 2. The van der Waals surface area contributed by atoms with E-state index >= 15 is 0 Å². The van der Waals surface area contributed by atoms with Gasteiger partial charge in [-0.1, -0.05) is 11.6 Å². The van der Waals surface area contributed by atoms with E-state index in [0.717, 1.165) is 0 Å². The Labute approximate surface area is 69.8 Å². The van der Waals surface area contributed by atoms with Crippen LogP contribution in [0.15, 0.2) is 0 Å². The van der Waals surface area contributed by atoms with E-state index in [1.807, 2.05) is 0 Å². The summed E-state index contributed by atoms with van der Waals surface area (Å²) < 4.78 is 0. The van der Waals surface area contributed by atoms with Gasteiger partial charge in [0.15, 0.2) is 11.0 Å². The first-order valence-electron chi connectivity index (χ1n) is 3.12. The number of nitrogens with zero attached hydrogens (tertiary/aromatic N) is 2. The maximum Gasteiger partial charge on any atom is 0.158 e. The molecule has 3 N–H and O–H groups in total. The molecule has 4 nitrogen and oxygen atoms in total. The number of nitrogens with two attached hydrogens (primary N) is 1. The van der Waals surface area contributed by atoms with Crippen LogP contribution < -0.4 is 11.1 Å². The average Bonchev–Trinajstić information content (AvgIpc) is 1.85. The third-order valence-electron chi connectivity index (χ3n) is 1.25. The van der Waals surface area contributed by atoms with E-state index in [1.54, 1.807) is 14.0 Å². The average molecular weight is 173 g/mol. The molecule has 0 aliphatic heterocycles. The van der Waals surface area contributed by atoms with Crippen molar-refractivity contribution in [1.82, 2.24) is 9.97 Å². The van der Waals surface area contributed by atoms with Crippen molar-refractivity contribution in [2.75, 3.05) is 18.1 Å². The molecule has 0 saturated carbocycles. The van der Waals surface area contributed by atoms with Gasteiger partial charge in [0.2, 0.25) is 0 Å². The number of nitrogen functional groups attached to an aromatic ring is 1. The van der Waals surface area contributed by atoms with Crippen LogP contribution >= 0.6 is 11.6 Å². The Hall–Kier alpha value is -1.03. The second-order valence-corrected chi connectivity index (χ2v) is 2.43. The minimum atomic E-state index is 0.359. The standard InChI is InChI=1S/C6H9ClN4/c1-3-10-5(7)4(9-2)6(8)11-3/h9H,1-2H3,(H2,8,10,11). The van der Waals surface area contributed by atoms with Crippen molar-refractivity contribution in [3.05, 3.63) is 11.0 Å². The van der Waals surface area contributed by atoms with Crippen molar-refractivity contribution in [1.29, 1.82) is 0 Å². The quantitative estimate of drug-likeness (QED) is 0.622. The molecule has 11 heavy (non-hydrogen) atoms. The number of nitrogens with one attached hydrogen (secondary N) is 1. The maximum atomic E-state index is 5.74. The van der Waals surface area contributed by atoms with Gasteiger partial charge in [-0.3, -0.25) is 0 Å². The third-order valence-corrected chi connectivity index (χ3v) is 1.53. The summed E-state index contributed by atoms with van der Waals surface area (Å²) in [4.78, 5) is 7.84. The van der Waals surface area contributed by atoms with E-state index in [1.165, 1.54) is 0 Å². The molecule has 0 fully saturated rings. The SMILES string of the molecule is CNc1c(N)nc(C)nc1Cl. The molecule has 0 bridgehead atoms. The highest BCUT2D eigenvalue weighted by Gasteiger charge is 2.05. The molecule has 0 aliphatic rings. The first kappa shape index (κ1) is 8.07. The number of halogens is 1. The molecule has 1 aromatic rings. The van der Waals surface area contributed by atoms with Gasteiger partial charge in [-0.2, -0.15) is 0 Å². The van der Waals surface area contributed by atoms with Crippen LogP contribution in [0.3, 0.4) is 0 Å². The molecule has 0 amide bonds. The van der Waals surface area contributed by atoms with Crippen molar-refractivity contribution in [2.45, 2.75) is 6.92 Å². The van der Waals surface area contributed by atoms with Gasteiger partial charge in [-0.25, -0.2) is 9.97 Å². The number of hydrogen-bond acceptors (Lipinski definition) is 4. The van der Waals surface area contributed by atoms with Gasteiger partial charge < -0.3 is 11.1 Å². The van der Waals surface area contributed by atoms with Crippen molar-refractivity contribution in [3.8, 4) is 0 Å². The molecule has 0 saturated heterocycles. The molecule has 0 aliphatic carbocycles. The van der Waals surface area contributed by atoms with E-state index in [9.17, 15) is 0 Å². The lowest BCUT2D eigenvalue weighted by molar-refractivity contribution is 1.06. The van der Waals surface area contributed by atoms with Crippen molar-refractivity contribution in [2.24, 2.45) is 0 Å². The summed E-state index contributed by atoms with van der Waals surface area (Å²) in [5.74, 6) is 0.955. The first-order valence-corrected chi connectivity index (χ1v) is 3.50. The summed E-state index contributed by atoms with van der Waals surface area (Å²) in [6.45, 7) is 1.74. The van der Waals surface area contributed by atoms with Gasteiger partial charge in [0.1, 0.15) is 11.5 Å². The highest BCUT2D eigenvalue weighted by atomic mass is 35.5. The van der Waals surface area contributed by atoms with E-state index in [0.29, 0.717) is 22.5 Å². The molecular weight excluding hydrogens is 164 g/mol. The van der Waals surface area contributed by atoms with E-state index in [4.69, 9.17) is 17.3 Å². The van der Waals surface area contributed by atoms with E-state index in [2.05, 4.69) is 15.3 Å². The molecule has 0 spiro atoms. The van der Waals surface area contributed by atoms with Crippen LogP contribution in [0.5, 0.6) is 0 Å². The Balaban J connectivity index is 3.25. The van der Waals surface area contributed by atoms with Gasteiger partial charge in [0.05, 0.1) is 0 Å². The lowest BCUT2D eigenvalue weighted by Crippen LogP contribution is -2.02. The van der Waals surface area contributed by atoms with Gasteiger partial charge in [0, 0.05) is 7.05 Å². The number of aryl methyl sites for hydroxylation is 1. The largest absolute Gasteiger partial charge is 0.383 e. The van der Waals surface area contributed by atoms with Crippen molar-refractivity contribution < 1.29 is 0 Å². The Morgan fingerprint density at radius 2 is 2.09 bits per heavy atom. The predicted molar refractivity (Wildman–Crippen MR) is 45.7 cm³/mol. The predicted octanol–water partition coefficient (Wildman–Crippen LogP) is 1.06. The fourth-order valence-electron chi connectivity index (χ4n) is 0.790. The summed E-state index contributed by atoms with van der Waals surface area (Å²) in [6, 6.07) is 0. The second-order valence-electron chi connectivity index (χ2n) is 2.07. The minimum absolute atomic E-state index is 0.359. The molecule has 1 rings (SSSR count). The molecule has 0 atom stereocenters. The van der Waals surface area contributed by atoms with Gasteiger partial charge in [0.25, 0.3) is 0 Å². The molecular formula is C6H9ClN4. The van der Waals surface area contributed by atoms with Crippen molar-refractivity contribution in [3.63, 3.8) is 0 Å². The topological polar surface area (TPSA) is 63.8 Å². The summed E-state index contributed by atoms with van der Waals surface area (Å²) in [5, 5.41) is 3.17. The lowest BCUT2D eigenvalue weighted by Gasteiger charge is -2.05. The molecule has 1 aromatic heterocycles. The Bertz CT molecular complexity index is 250.